The van der Waals surface area contributed by atoms with Crippen LogP contribution in [0.15, 0.2) is 47.4 Å². The number of anilines is 1. The molecule has 216 valence electrons. The van der Waals surface area contributed by atoms with Crippen LogP contribution in [0.3, 0.4) is 0 Å². The molecule has 1 heterocycles. The Labute approximate surface area is 229 Å². The van der Waals surface area contributed by atoms with Gasteiger partial charge in [-0.05, 0) is 69.9 Å². The van der Waals surface area contributed by atoms with Gasteiger partial charge in [0.25, 0.3) is 0 Å². The van der Waals surface area contributed by atoms with E-state index in [-0.39, 0.29) is 17.9 Å². The number of para-hydroxylation sites is 2. The van der Waals surface area contributed by atoms with E-state index in [1.165, 1.54) is 18.5 Å². The van der Waals surface area contributed by atoms with Crippen LogP contribution in [-0.2, 0) is 16.2 Å². The van der Waals surface area contributed by atoms with Crippen LogP contribution in [0.2, 0.25) is 0 Å². The molecule has 1 saturated heterocycles. The monoisotopic (exact) mass is 569 g/mol. The number of halogens is 3. The van der Waals surface area contributed by atoms with Gasteiger partial charge in [0.1, 0.15) is 16.4 Å². The van der Waals surface area contributed by atoms with Crippen LogP contribution in [0.25, 0.3) is 0 Å². The van der Waals surface area contributed by atoms with Crippen molar-refractivity contribution < 1.29 is 31.1 Å². The van der Waals surface area contributed by atoms with E-state index in [0.29, 0.717) is 24.9 Å². The molecular formula is C28H38F3N3O4S. The third-order valence-corrected chi connectivity index (χ3v) is 9.66. The Morgan fingerprint density at radius 3 is 2.18 bits per heavy atom. The largest absolute Gasteiger partial charge is 0.495 e. The predicted octanol–water partition coefficient (Wildman–Crippen LogP) is 5.26. The predicted molar refractivity (Wildman–Crippen MR) is 145 cm³/mol. The van der Waals surface area contributed by atoms with E-state index in [1.807, 2.05) is 32.0 Å². The first-order chi connectivity index (χ1) is 18.4. The number of nitrogens with zero attached hydrogens (tertiary/aromatic N) is 3. The van der Waals surface area contributed by atoms with Crippen molar-refractivity contribution in [2.24, 2.45) is 0 Å². The van der Waals surface area contributed by atoms with Crippen molar-refractivity contribution in [3.63, 3.8) is 0 Å². The van der Waals surface area contributed by atoms with Gasteiger partial charge in [-0.25, -0.2) is 8.42 Å². The van der Waals surface area contributed by atoms with Gasteiger partial charge in [-0.2, -0.15) is 17.5 Å². The smallest absolute Gasteiger partial charge is 0.416 e. The number of piperazine rings is 1. The maximum atomic E-state index is 13.4. The van der Waals surface area contributed by atoms with Crippen molar-refractivity contribution in [1.82, 2.24) is 9.21 Å². The number of rotatable bonds is 8. The average molecular weight is 570 g/mol. The van der Waals surface area contributed by atoms with Crippen LogP contribution >= 0.6 is 0 Å². The molecular weight excluding hydrogens is 531 g/mol. The molecule has 2 aromatic carbocycles. The molecule has 0 radical (unpaired) electrons. The van der Waals surface area contributed by atoms with Gasteiger partial charge in [0.2, 0.25) is 10.0 Å². The van der Waals surface area contributed by atoms with E-state index in [1.54, 1.807) is 0 Å². The van der Waals surface area contributed by atoms with Crippen LogP contribution in [-0.4, -0.2) is 76.1 Å². The molecule has 0 N–H and O–H groups in total. The normalized spacial score (nSPS) is 21.4. The Morgan fingerprint density at radius 2 is 1.59 bits per heavy atom. The zero-order valence-electron chi connectivity index (χ0n) is 22.9. The van der Waals surface area contributed by atoms with Crippen LogP contribution in [0.4, 0.5) is 18.9 Å². The zero-order chi connectivity index (χ0) is 28.4. The number of alkyl halides is 3. The summed E-state index contributed by atoms with van der Waals surface area (Å²) in [6.07, 6.45) is -1.60. The highest BCUT2D eigenvalue weighted by Gasteiger charge is 2.38. The van der Waals surface area contributed by atoms with Crippen LogP contribution in [0.1, 0.15) is 45.1 Å². The molecule has 0 aromatic heterocycles. The molecule has 2 aliphatic rings. The fourth-order valence-electron chi connectivity index (χ4n) is 5.59. The first kappa shape index (κ1) is 29.5. The van der Waals surface area contributed by atoms with Crippen molar-refractivity contribution in [2.75, 3.05) is 45.2 Å². The van der Waals surface area contributed by atoms with E-state index in [4.69, 9.17) is 9.47 Å². The number of methoxy groups -OCH3 is 1. The first-order valence-corrected chi connectivity index (χ1v) is 14.8. The Bertz CT molecular complexity index is 1220. The van der Waals surface area contributed by atoms with Gasteiger partial charge in [0, 0.05) is 45.3 Å². The molecule has 2 fully saturated rings. The van der Waals surface area contributed by atoms with Crippen LogP contribution in [0, 0.1) is 0 Å². The fraction of sp³-hybridized carbons (Fsp3) is 0.571. The SMILES string of the molecule is COc1ccc(C(F)(F)F)cc1S(=O)(=O)N(C)C1CCC(N2CCN(c3ccccc3OC(C)C)CC2)CC1. The zero-order valence-corrected chi connectivity index (χ0v) is 23.8. The summed E-state index contributed by atoms with van der Waals surface area (Å²) in [6, 6.07) is 10.7. The molecule has 2 aromatic rings. The number of hydrogen-bond donors (Lipinski definition) is 0. The lowest BCUT2D eigenvalue weighted by Crippen LogP contribution is -2.52. The summed E-state index contributed by atoms with van der Waals surface area (Å²) in [7, 11) is -1.47. The lowest BCUT2D eigenvalue weighted by Gasteiger charge is -2.43. The molecule has 1 saturated carbocycles. The summed E-state index contributed by atoms with van der Waals surface area (Å²) < 4.78 is 79.0. The van der Waals surface area contributed by atoms with Crippen molar-refractivity contribution in [1.29, 1.82) is 0 Å². The van der Waals surface area contributed by atoms with E-state index in [2.05, 4.69) is 15.9 Å². The van der Waals surface area contributed by atoms with Crippen molar-refractivity contribution in [3.8, 4) is 11.5 Å². The summed E-state index contributed by atoms with van der Waals surface area (Å²) >= 11 is 0. The number of sulfonamides is 1. The number of ether oxygens (including phenoxy) is 2. The van der Waals surface area contributed by atoms with E-state index >= 15 is 0 Å². The van der Waals surface area contributed by atoms with Crippen LogP contribution < -0.4 is 14.4 Å². The number of hydrogen-bond acceptors (Lipinski definition) is 6. The molecule has 0 spiro atoms. The molecule has 39 heavy (non-hydrogen) atoms. The summed E-state index contributed by atoms with van der Waals surface area (Å²) in [5.74, 6) is 0.796. The molecule has 1 aliphatic carbocycles. The van der Waals surface area contributed by atoms with E-state index in [0.717, 1.165) is 62.6 Å². The quantitative estimate of drug-likeness (QED) is 0.433. The van der Waals surface area contributed by atoms with Crippen molar-refractivity contribution in [3.05, 3.63) is 48.0 Å². The second-order valence-electron chi connectivity index (χ2n) is 10.5. The Hall–Kier alpha value is -2.50. The summed E-state index contributed by atoms with van der Waals surface area (Å²) in [6.45, 7) is 7.60. The van der Waals surface area contributed by atoms with Gasteiger partial charge in [0.05, 0.1) is 24.5 Å². The standard InChI is InChI=1S/C28H38F3N3O4S/c1-20(2)38-25-8-6-5-7-24(25)34-17-15-33(16-18-34)23-12-10-22(11-13-23)32(3)39(35,36)27-19-21(28(29,30)31)9-14-26(27)37-4/h5-9,14,19-20,22-23H,10-13,15-18H2,1-4H3. The average Bonchev–Trinajstić information content (AvgIpc) is 2.92. The third-order valence-electron chi connectivity index (χ3n) is 7.73. The van der Waals surface area contributed by atoms with E-state index < -0.39 is 26.7 Å². The highest BCUT2D eigenvalue weighted by Crippen LogP contribution is 2.37. The summed E-state index contributed by atoms with van der Waals surface area (Å²) in [5, 5.41) is 0. The van der Waals surface area contributed by atoms with Gasteiger partial charge < -0.3 is 14.4 Å². The van der Waals surface area contributed by atoms with E-state index in [9.17, 15) is 21.6 Å². The maximum absolute atomic E-state index is 13.4. The highest BCUT2D eigenvalue weighted by atomic mass is 32.2. The topological polar surface area (TPSA) is 62.3 Å². The lowest BCUT2D eigenvalue weighted by molar-refractivity contribution is -0.137. The molecule has 7 nitrogen and oxygen atoms in total. The Balaban J connectivity index is 1.37. The van der Waals surface area contributed by atoms with Gasteiger partial charge in [-0.3, -0.25) is 4.90 Å². The first-order valence-electron chi connectivity index (χ1n) is 13.4. The van der Waals surface area contributed by atoms with Crippen molar-refractivity contribution >= 4 is 15.7 Å². The fourth-order valence-corrected chi connectivity index (χ4v) is 7.19. The Kier molecular flexibility index (Phi) is 9.02. The summed E-state index contributed by atoms with van der Waals surface area (Å²) in [4.78, 5) is 4.37. The minimum atomic E-state index is -4.65. The molecule has 0 amide bonds. The molecule has 4 rings (SSSR count). The van der Waals surface area contributed by atoms with Gasteiger partial charge in [0.15, 0.2) is 0 Å². The second-order valence-corrected chi connectivity index (χ2v) is 12.5. The van der Waals surface area contributed by atoms with Crippen LogP contribution in [0.5, 0.6) is 11.5 Å². The maximum Gasteiger partial charge on any atom is 0.416 e. The lowest BCUT2D eigenvalue weighted by atomic mass is 9.90. The minimum absolute atomic E-state index is 0.0956. The van der Waals surface area contributed by atoms with Crippen molar-refractivity contribution in [2.45, 2.75) is 68.8 Å². The molecule has 0 unspecified atom stereocenters. The van der Waals surface area contributed by atoms with Gasteiger partial charge in [-0.1, -0.05) is 12.1 Å². The molecule has 11 heteroatoms. The number of benzene rings is 2. The second kappa shape index (κ2) is 11.9. The molecule has 0 atom stereocenters. The van der Waals surface area contributed by atoms with Gasteiger partial charge in [-0.15, -0.1) is 0 Å². The molecule has 1 aliphatic heterocycles. The summed E-state index contributed by atoms with van der Waals surface area (Å²) in [5.41, 5.74) is 0.0860. The minimum Gasteiger partial charge on any atom is -0.495 e. The van der Waals surface area contributed by atoms with Gasteiger partial charge >= 0.3 is 6.18 Å². The third kappa shape index (κ3) is 6.63. The Morgan fingerprint density at radius 1 is 0.949 bits per heavy atom. The molecule has 0 bridgehead atoms. The highest BCUT2D eigenvalue weighted by molar-refractivity contribution is 7.89.